The van der Waals surface area contributed by atoms with E-state index in [0.29, 0.717) is 33.5 Å². The molecule has 0 aliphatic carbocycles. The van der Waals surface area contributed by atoms with Crippen molar-refractivity contribution in [2.45, 2.75) is 32.0 Å². The van der Waals surface area contributed by atoms with Gasteiger partial charge in [-0.2, -0.15) is 13.2 Å². The lowest BCUT2D eigenvalue weighted by Gasteiger charge is -2.28. The van der Waals surface area contributed by atoms with Crippen molar-refractivity contribution in [1.29, 1.82) is 0 Å². The number of benzene rings is 2. The van der Waals surface area contributed by atoms with Gasteiger partial charge in [-0.05, 0) is 31.1 Å². The van der Waals surface area contributed by atoms with Crippen LogP contribution in [0.3, 0.4) is 0 Å². The van der Waals surface area contributed by atoms with Crippen LogP contribution in [-0.2, 0) is 4.79 Å². The summed E-state index contributed by atoms with van der Waals surface area (Å²) < 4.78 is 84.9. The van der Waals surface area contributed by atoms with Crippen LogP contribution in [0.25, 0.3) is 16.5 Å². The molecule has 2 aromatic carbocycles. The maximum Gasteiger partial charge on any atom is 0.471 e. The zero-order chi connectivity index (χ0) is 26.9. The van der Waals surface area contributed by atoms with Crippen LogP contribution in [0.2, 0.25) is 0 Å². The van der Waals surface area contributed by atoms with Crippen LogP contribution in [-0.4, -0.2) is 42.2 Å². The summed E-state index contributed by atoms with van der Waals surface area (Å²) in [6.45, 7) is 1.32. The van der Waals surface area contributed by atoms with Gasteiger partial charge in [-0.3, -0.25) is 9.78 Å². The summed E-state index contributed by atoms with van der Waals surface area (Å²) in [6, 6.07) is 8.25. The molecule has 1 unspecified atom stereocenters. The minimum atomic E-state index is -4.94. The summed E-state index contributed by atoms with van der Waals surface area (Å²) in [7, 11) is 1.45. The number of hydrogen-bond acceptors (Lipinski definition) is 4. The van der Waals surface area contributed by atoms with E-state index in [1.807, 2.05) is 0 Å². The van der Waals surface area contributed by atoms with Gasteiger partial charge in [-0.25, -0.2) is 13.2 Å². The Morgan fingerprint density at radius 3 is 2.51 bits per heavy atom. The number of ether oxygens (including phenoxy) is 1. The van der Waals surface area contributed by atoms with Gasteiger partial charge < -0.3 is 15.0 Å². The van der Waals surface area contributed by atoms with Gasteiger partial charge in [-0.15, -0.1) is 0 Å². The molecular weight excluding hydrogens is 500 g/mol. The topological polar surface area (TPSA) is 54.5 Å². The van der Waals surface area contributed by atoms with E-state index in [1.54, 1.807) is 31.2 Å². The van der Waals surface area contributed by atoms with Crippen LogP contribution in [0.4, 0.5) is 32.0 Å². The number of aromatic nitrogens is 1. The molecule has 0 saturated heterocycles. The minimum Gasteiger partial charge on any atom is -0.496 e. The predicted molar refractivity (Wildman–Crippen MR) is 127 cm³/mol. The molecule has 196 valence electrons. The molecule has 11 heteroatoms. The van der Waals surface area contributed by atoms with Crippen molar-refractivity contribution >= 4 is 28.1 Å². The van der Waals surface area contributed by atoms with E-state index in [1.165, 1.54) is 25.4 Å². The number of nitrogens with one attached hydrogen (secondary N) is 1. The van der Waals surface area contributed by atoms with Gasteiger partial charge in [-0.1, -0.05) is 24.3 Å². The van der Waals surface area contributed by atoms with E-state index in [2.05, 4.69) is 10.3 Å². The Hall–Kier alpha value is -3.76. The normalized spacial score (nSPS) is 15.1. The monoisotopic (exact) mass is 523 g/mol. The molecule has 0 fully saturated rings. The number of alkyl halides is 5. The van der Waals surface area contributed by atoms with E-state index in [0.717, 1.165) is 11.0 Å². The van der Waals surface area contributed by atoms with Crippen LogP contribution in [0.15, 0.2) is 48.7 Å². The zero-order valence-electron chi connectivity index (χ0n) is 19.9. The zero-order valence-corrected chi connectivity index (χ0v) is 19.9. The van der Waals surface area contributed by atoms with Crippen molar-refractivity contribution in [2.24, 2.45) is 0 Å². The molecule has 1 N–H and O–H groups in total. The number of carbonyl (C=O) groups excluding carboxylic acids is 1. The van der Waals surface area contributed by atoms with Crippen LogP contribution in [0.5, 0.6) is 5.75 Å². The number of nitrogens with zero attached hydrogens (tertiary/aromatic N) is 2. The summed E-state index contributed by atoms with van der Waals surface area (Å²) in [5.41, 5.74) is 1.78. The summed E-state index contributed by atoms with van der Waals surface area (Å²) in [6.07, 6.45) is -4.63. The highest BCUT2D eigenvalue weighted by molar-refractivity contribution is 5.95. The highest BCUT2D eigenvalue weighted by atomic mass is 19.4. The number of amides is 1. The van der Waals surface area contributed by atoms with Crippen molar-refractivity contribution in [3.05, 3.63) is 71.2 Å². The van der Waals surface area contributed by atoms with Crippen molar-refractivity contribution in [3.8, 4) is 5.75 Å². The Balaban J connectivity index is 1.68. The number of halogens is 6. The Labute approximate surface area is 208 Å². The van der Waals surface area contributed by atoms with Crippen LogP contribution >= 0.6 is 0 Å². The molecule has 0 bridgehead atoms. The highest BCUT2D eigenvalue weighted by Crippen LogP contribution is 2.37. The van der Waals surface area contributed by atoms with E-state index in [9.17, 15) is 31.1 Å². The Bertz CT molecular complexity index is 1360. The number of fused-ring (bicyclic) bond motifs is 1. The molecule has 5 nitrogen and oxygen atoms in total. The van der Waals surface area contributed by atoms with Gasteiger partial charge in [0.1, 0.15) is 11.6 Å². The molecule has 2 heterocycles. The maximum absolute atomic E-state index is 14.7. The second kappa shape index (κ2) is 10.3. The fourth-order valence-corrected chi connectivity index (χ4v) is 4.38. The van der Waals surface area contributed by atoms with E-state index in [-0.39, 0.29) is 25.1 Å². The third kappa shape index (κ3) is 5.35. The van der Waals surface area contributed by atoms with E-state index < -0.39 is 35.9 Å². The Kier molecular flexibility index (Phi) is 7.33. The molecule has 3 aromatic rings. The number of hydrogen-bond donors (Lipinski definition) is 1. The average Bonchev–Trinajstić information content (AvgIpc) is 2.87. The Morgan fingerprint density at radius 2 is 1.89 bits per heavy atom. The summed E-state index contributed by atoms with van der Waals surface area (Å²) in [4.78, 5) is 16.6. The lowest BCUT2D eigenvalue weighted by atomic mass is 9.96. The predicted octanol–water partition coefficient (Wildman–Crippen LogP) is 6.67. The molecule has 1 aliphatic heterocycles. The number of methoxy groups -OCH3 is 1. The molecule has 1 atom stereocenters. The second-order valence-corrected chi connectivity index (χ2v) is 8.57. The van der Waals surface area contributed by atoms with Gasteiger partial charge in [0.05, 0.1) is 24.2 Å². The molecule has 0 spiro atoms. The SMILES string of the molecule is COc1cc2nccc(NC(C)c3cccc(C(F)F)c3F)c2cc1C1=CCN(C(=O)C(F)(F)F)CC1. The van der Waals surface area contributed by atoms with Crippen LogP contribution in [0.1, 0.15) is 42.5 Å². The summed E-state index contributed by atoms with van der Waals surface area (Å²) in [5, 5.41) is 3.77. The fourth-order valence-electron chi connectivity index (χ4n) is 4.38. The smallest absolute Gasteiger partial charge is 0.471 e. The summed E-state index contributed by atoms with van der Waals surface area (Å²) in [5.74, 6) is -2.42. The van der Waals surface area contributed by atoms with Crippen molar-refractivity contribution in [1.82, 2.24) is 9.88 Å². The van der Waals surface area contributed by atoms with Gasteiger partial charge >= 0.3 is 12.1 Å². The first-order valence-electron chi connectivity index (χ1n) is 11.4. The van der Waals surface area contributed by atoms with Gasteiger partial charge in [0.25, 0.3) is 6.43 Å². The number of anilines is 1. The van der Waals surface area contributed by atoms with Gasteiger partial charge in [0.15, 0.2) is 0 Å². The molecule has 4 rings (SSSR count). The molecule has 1 aromatic heterocycles. The van der Waals surface area contributed by atoms with Gasteiger partial charge in [0, 0.05) is 47.6 Å². The van der Waals surface area contributed by atoms with Crippen molar-refractivity contribution in [2.75, 3.05) is 25.5 Å². The van der Waals surface area contributed by atoms with Crippen molar-refractivity contribution < 1.29 is 35.9 Å². The van der Waals surface area contributed by atoms with Crippen LogP contribution in [0, 0.1) is 5.82 Å². The first-order chi connectivity index (χ1) is 17.5. The molecule has 1 aliphatic rings. The second-order valence-electron chi connectivity index (χ2n) is 8.57. The number of rotatable bonds is 6. The summed E-state index contributed by atoms with van der Waals surface area (Å²) >= 11 is 0. The van der Waals surface area contributed by atoms with E-state index >= 15 is 0 Å². The molecule has 1 amide bonds. The largest absolute Gasteiger partial charge is 0.496 e. The van der Waals surface area contributed by atoms with Gasteiger partial charge in [0.2, 0.25) is 0 Å². The Morgan fingerprint density at radius 1 is 1.16 bits per heavy atom. The minimum absolute atomic E-state index is 0.0703. The molecule has 0 saturated carbocycles. The van der Waals surface area contributed by atoms with Crippen LogP contribution < -0.4 is 10.1 Å². The maximum atomic E-state index is 14.7. The lowest BCUT2D eigenvalue weighted by molar-refractivity contribution is -0.185. The lowest BCUT2D eigenvalue weighted by Crippen LogP contribution is -2.43. The molecule has 0 radical (unpaired) electrons. The number of pyridine rings is 1. The third-order valence-electron chi connectivity index (χ3n) is 6.28. The molecule has 37 heavy (non-hydrogen) atoms. The standard InChI is InChI=1S/C26H23F6N3O2/c1-14(16-4-3-5-17(23(16)27)24(28)29)34-20-6-9-33-21-13-22(37-2)18(12-19(20)21)15-7-10-35(11-8-15)25(36)26(30,31)32/h3-7,9,12-14,24H,8,10-11H2,1-2H3,(H,33,34). The van der Waals surface area contributed by atoms with E-state index in [4.69, 9.17) is 4.74 Å². The quantitative estimate of drug-likeness (QED) is 0.367. The van der Waals surface area contributed by atoms with Crippen molar-refractivity contribution in [3.63, 3.8) is 0 Å². The average molecular weight is 523 g/mol. The number of carbonyl (C=O) groups is 1. The molecular formula is C26H23F6N3O2. The first-order valence-corrected chi connectivity index (χ1v) is 11.4. The first kappa shape index (κ1) is 26.3. The highest BCUT2D eigenvalue weighted by Gasteiger charge is 2.42. The fraction of sp³-hybridized carbons (Fsp3) is 0.308. The third-order valence-corrected chi connectivity index (χ3v) is 6.28.